The molecule has 0 aliphatic heterocycles. The Morgan fingerprint density at radius 2 is 1.79 bits per heavy atom. The van der Waals surface area contributed by atoms with Crippen molar-refractivity contribution in [3.63, 3.8) is 0 Å². The molecule has 28 heavy (non-hydrogen) atoms. The van der Waals surface area contributed by atoms with Crippen LogP contribution < -0.4 is 20.7 Å². The number of nitrogens with one attached hydrogen (secondary N) is 3. The van der Waals surface area contributed by atoms with Crippen LogP contribution in [0.15, 0.2) is 48.5 Å². The molecular formula is C20H20N4O3S. The lowest BCUT2D eigenvalue weighted by atomic mass is 10.2. The van der Waals surface area contributed by atoms with Crippen LogP contribution in [0, 0.1) is 13.8 Å². The van der Waals surface area contributed by atoms with Crippen molar-refractivity contribution in [3.05, 3.63) is 64.7 Å². The van der Waals surface area contributed by atoms with E-state index >= 15 is 0 Å². The first-order valence-corrected chi connectivity index (χ1v) is 9.34. The number of ether oxygens (including phenoxy) is 1. The van der Waals surface area contributed by atoms with Gasteiger partial charge >= 0.3 is 6.03 Å². The molecule has 0 saturated carbocycles. The number of carbonyl (C=O) groups excluding carboxylic acids is 2. The summed E-state index contributed by atoms with van der Waals surface area (Å²) in [7, 11) is 1.54. The van der Waals surface area contributed by atoms with E-state index in [1.54, 1.807) is 31.2 Å². The number of hydrogen-bond donors (Lipinski definition) is 3. The first-order valence-electron chi connectivity index (χ1n) is 8.52. The standard InChI is InChI=1S/C20H20N4O3S/c1-12-7-6-8-14(11-12)22-19(26)24-20-21-13(2)17(28-20)18(25)23-15-9-4-5-10-16(15)27-3/h4-11H,1-3H3,(H,23,25)(H2,21,22,24,26). The van der Waals surface area contributed by atoms with Crippen LogP contribution in [-0.4, -0.2) is 24.0 Å². The van der Waals surface area contributed by atoms with E-state index in [9.17, 15) is 9.59 Å². The van der Waals surface area contributed by atoms with Crippen molar-refractivity contribution >= 4 is 39.8 Å². The summed E-state index contributed by atoms with van der Waals surface area (Å²) in [4.78, 5) is 29.5. The highest BCUT2D eigenvalue weighted by atomic mass is 32.1. The maximum absolute atomic E-state index is 12.6. The summed E-state index contributed by atoms with van der Waals surface area (Å²) in [5.74, 6) is 0.251. The van der Waals surface area contributed by atoms with Crippen LogP contribution in [0.25, 0.3) is 0 Å². The van der Waals surface area contributed by atoms with Crippen molar-refractivity contribution in [1.29, 1.82) is 0 Å². The summed E-state index contributed by atoms with van der Waals surface area (Å²) in [6.07, 6.45) is 0. The molecule has 3 N–H and O–H groups in total. The Bertz CT molecular complexity index is 1020. The van der Waals surface area contributed by atoms with Gasteiger partial charge in [0, 0.05) is 5.69 Å². The number of thiazole rings is 1. The predicted octanol–water partition coefficient (Wildman–Crippen LogP) is 4.66. The zero-order chi connectivity index (χ0) is 20.1. The summed E-state index contributed by atoms with van der Waals surface area (Å²) in [6, 6.07) is 14.2. The van der Waals surface area contributed by atoms with E-state index in [-0.39, 0.29) is 5.91 Å². The smallest absolute Gasteiger partial charge is 0.325 e. The van der Waals surface area contributed by atoms with E-state index < -0.39 is 6.03 Å². The highest BCUT2D eigenvalue weighted by Crippen LogP contribution is 2.27. The molecule has 0 aliphatic rings. The van der Waals surface area contributed by atoms with Crippen LogP contribution in [-0.2, 0) is 0 Å². The number of para-hydroxylation sites is 2. The van der Waals surface area contributed by atoms with Gasteiger partial charge < -0.3 is 15.4 Å². The summed E-state index contributed by atoms with van der Waals surface area (Å²) >= 11 is 1.11. The Morgan fingerprint density at radius 3 is 2.54 bits per heavy atom. The van der Waals surface area contributed by atoms with Gasteiger partial charge in [0.2, 0.25) is 0 Å². The number of amides is 3. The number of anilines is 3. The lowest BCUT2D eigenvalue weighted by Crippen LogP contribution is -2.19. The van der Waals surface area contributed by atoms with Crippen molar-refractivity contribution in [2.24, 2.45) is 0 Å². The quantitative estimate of drug-likeness (QED) is 0.585. The maximum Gasteiger partial charge on any atom is 0.325 e. The van der Waals surface area contributed by atoms with Crippen LogP contribution in [0.1, 0.15) is 20.9 Å². The molecule has 0 aliphatic carbocycles. The molecule has 0 spiro atoms. The largest absolute Gasteiger partial charge is 0.495 e. The Kier molecular flexibility index (Phi) is 5.90. The second-order valence-corrected chi connectivity index (χ2v) is 7.04. The lowest BCUT2D eigenvalue weighted by Gasteiger charge is -2.08. The van der Waals surface area contributed by atoms with Gasteiger partial charge in [0.25, 0.3) is 5.91 Å². The molecule has 0 saturated heterocycles. The minimum atomic E-state index is -0.420. The van der Waals surface area contributed by atoms with Crippen LogP contribution in [0.4, 0.5) is 21.3 Å². The van der Waals surface area contributed by atoms with E-state index in [0.717, 1.165) is 16.9 Å². The van der Waals surface area contributed by atoms with Crippen molar-refractivity contribution in [1.82, 2.24) is 4.98 Å². The molecule has 7 nitrogen and oxygen atoms in total. The number of rotatable bonds is 5. The van der Waals surface area contributed by atoms with Gasteiger partial charge in [0.05, 0.1) is 18.5 Å². The third kappa shape index (κ3) is 4.66. The van der Waals surface area contributed by atoms with Crippen LogP contribution in [0.2, 0.25) is 0 Å². The van der Waals surface area contributed by atoms with Crippen molar-refractivity contribution < 1.29 is 14.3 Å². The number of methoxy groups -OCH3 is 1. The van der Waals surface area contributed by atoms with E-state index in [1.807, 2.05) is 31.2 Å². The summed E-state index contributed by atoms with van der Waals surface area (Å²) in [5.41, 5.74) is 2.82. The van der Waals surface area contributed by atoms with E-state index in [2.05, 4.69) is 20.9 Å². The van der Waals surface area contributed by atoms with Gasteiger partial charge in [-0.3, -0.25) is 10.1 Å². The van der Waals surface area contributed by atoms with E-state index in [1.165, 1.54) is 7.11 Å². The molecule has 0 radical (unpaired) electrons. The van der Waals surface area contributed by atoms with Crippen molar-refractivity contribution in [2.45, 2.75) is 13.8 Å². The summed E-state index contributed by atoms with van der Waals surface area (Å²) in [5, 5.41) is 8.56. The molecule has 1 heterocycles. The molecule has 144 valence electrons. The molecular weight excluding hydrogens is 376 g/mol. The molecule has 3 aromatic rings. The average molecular weight is 396 g/mol. The fourth-order valence-corrected chi connectivity index (χ4v) is 3.43. The van der Waals surface area contributed by atoms with Gasteiger partial charge in [-0.15, -0.1) is 0 Å². The van der Waals surface area contributed by atoms with Crippen LogP contribution >= 0.6 is 11.3 Å². The molecule has 2 aromatic carbocycles. The van der Waals surface area contributed by atoms with Crippen molar-refractivity contribution in [2.75, 3.05) is 23.1 Å². The molecule has 3 amide bonds. The monoisotopic (exact) mass is 396 g/mol. The summed E-state index contributed by atoms with van der Waals surface area (Å²) in [6.45, 7) is 3.66. The van der Waals surface area contributed by atoms with Crippen LogP contribution in [0.3, 0.4) is 0 Å². The van der Waals surface area contributed by atoms with Gasteiger partial charge in [-0.1, -0.05) is 35.6 Å². The second-order valence-electron chi connectivity index (χ2n) is 6.04. The fraction of sp³-hybridized carbons (Fsp3) is 0.150. The second kappa shape index (κ2) is 8.53. The fourth-order valence-electron chi connectivity index (χ4n) is 2.57. The number of nitrogens with zero attached hydrogens (tertiary/aromatic N) is 1. The Hall–Kier alpha value is -3.39. The van der Waals surface area contributed by atoms with Gasteiger partial charge in [-0.05, 0) is 43.7 Å². The van der Waals surface area contributed by atoms with Crippen LogP contribution in [0.5, 0.6) is 5.75 Å². The Labute approximate surface area is 166 Å². The molecule has 8 heteroatoms. The first kappa shape index (κ1) is 19.4. The van der Waals surface area contributed by atoms with E-state index in [4.69, 9.17) is 4.74 Å². The molecule has 0 atom stereocenters. The zero-order valence-electron chi connectivity index (χ0n) is 15.7. The number of urea groups is 1. The zero-order valence-corrected chi connectivity index (χ0v) is 16.5. The maximum atomic E-state index is 12.6. The highest BCUT2D eigenvalue weighted by molar-refractivity contribution is 7.17. The predicted molar refractivity (Wildman–Crippen MR) is 112 cm³/mol. The molecule has 0 fully saturated rings. The molecule has 1 aromatic heterocycles. The number of hydrogen-bond acceptors (Lipinski definition) is 5. The van der Waals surface area contributed by atoms with E-state index in [0.29, 0.717) is 32.8 Å². The number of benzene rings is 2. The Morgan fingerprint density at radius 1 is 1.00 bits per heavy atom. The number of carbonyl (C=O) groups is 2. The SMILES string of the molecule is COc1ccccc1NC(=O)c1sc(NC(=O)Nc2cccc(C)c2)nc1C. The molecule has 0 unspecified atom stereocenters. The minimum absolute atomic E-state index is 0.313. The van der Waals surface area contributed by atoms with Gasteiger partial charge in [-0.25, -0.2) is 9.78 Å². The third-order valence-electron chi connectivity index (χ3n) is 3.85. The van der Waals surface area contributed by atoms with Gasteiger partial charge in [0.1, 0.15) is 10.6 Å². The normalized spacial score (nSPS) is 10.2. The molecule has 3 rings (SSSR count). The third-order valence-corrected chi connectivity index (χ3v) is 4.93. The van der Waals surface area contributed by atoms with Crippen molar-refractivity contribution in [3.8, 4) is 5.75 Å². The Balaban J connectivity index is 1.68. The topological polar surface area (TPSA) is 92.4 Å². The lowest BCUT2D eigenvalue weighted by molar-refractivity contribution is 0.102. The average Bonchev–Trinajstić information content (AvgIpc) is 3.02. The minimum Gasteiger partial charge on any atom is -0.495 e. The highest BCUT2D eigenvalue weighted by Gasteiger charge is 2.18. The summed E-state index contributed by atoms with van der Waals surface area (Å²) < 4.78 is 5.24. The van der Waals surface area contributed by atoms with Gasteiger partial charge in [-0.2, -0.15) is 0 Å². The first-order chi connectivity index (χ1) is 13.5. The number of aryl methyl sites for hydroxylation is 2. The van der Waals surface area contributed by atoms with Gasteiger partial charge in [0.15, 0.2) is 5.13 Å². The molecule has 0 bridgehead atoms. The number of aromatic nitrogens is 1.